The molecule has 1 unspecified atom stereocenters. The van der Waals surface area contributed by atoms with E-state index in [1.54, 1.807) is 0 Å². The Labute approximate surface area is 110 Å². The first-order valence-corrected chi connectivity index (χ1v) is 7.04. The third-order valence-corrected chi connectivity index (χ3v) is 4.08. The van der Waals surface area contributed by atoms with Crippen molar-refractivity contribution in [1.29, 1.82) is 0 Å². The summed E-state index contributed by atoms with van der Waals surface area (Å²) >= 11 is 0. The molecule has 0 bridgehead atoms. The van der Waals surface area contributed by atoms with Crippen LogP contribution in [0.3, 0.4) is 0 Å². The maximum atomic E-state index is 12.0. The Balaban J connectivity index is 1.90. The number of nitrogens with two attached hydrogens (primary N) is 1. The minimum atomic E-state index is 0.246. The molecule has 2 heteroatoms. The highest BCUT2D eigenvalue weighted by molar-refractivity contribution is 5.96. The van der Waals surface area contributed by atoms with Gasteiger partial charge in [-0.3, -0.25) is 4.79 Å². The lowest BCUT2D eigenvalue weighted by atomic mass is 9.80. The van der Waals surface area contributed by atoms with Crippen molar-refractivity contribution in [3.8, 4) is 0 Å². The number of rotatable bonds is 6. The van der Waals surface area contributed by atoms with Crippen molar-refractivity contribution < 1.29 is 4.79 Å². The third-order valence-electron chi connectivity index (χ3n) is 4.08. The van der Waals surface area contributed by atoms with Gasteiger partial charge in [0.1, 0.15) is 0 Å². The first-order valence-electron chi connectivity index (χ1n) is 7.04. The van der Waals surface area contributed by atoms with Crippen LogP contribution in [0.4, 0.5) is 0 Å². The summed E-state index contributed by atoms with van der Waals surface area (Å²) in [5, 5.41) is 0. The zero-order valence-electron chi connectivity index (χ0n) is 11.2. The monoisotopic (exact) mass is 245 g/mol. The lowest BCUT2D eigenvalue weighted by Gasteiger charge is -2.25. The minimum Gasteiger partial charge on any atom is -0.330 e. The summed E-state index contributed by atoms with van der Waals surface area (Å²) in [5.41, 5.74) is 7.81. The van der Waals surface area contributed by atoms with Crippen molar-refractivity contribution in [3.63, 3.8) is 0 Å². The number of ketones is 1. The smallest absolute Gasteiger partial charge is 0.162 e. The Hall–Kier alpha value is -1.15. The largest absolute Gasteiger partial charge is 0.330 e. The highest BCUT2D eigenvalue weighted by atomic mass is 16.1. The lowest BCUT2D eigenvalue weighted by Crippen LogP contribution is -2.12. The van der Waals surface area contributed by atoms with Gasteiger partial charge in [-0.2, -0.15) is 0 Å². The van der Waals surface area contributed by atoms with E-state index in [0.717, 1.165) is 17.9 Å². The van der Waals surface area contributed by atoms with E-state index < -0.39 is 0 Å². The summed E-state index contributed by atoms with van der Waals surface area (Å²) in [6.45, 7) is 2.75. The maximum absolute atomic E-state index is 12.0. The molecule has 0 amide bonds. The molecule has 18 heavy (non-hydrogen) atoms. The highest BCUT2D eigenvalue weighted by Crippen LogP contribution is 2.36. The van der Waals surface area contributed by atoms with Crippen molar-refractivity contribution in [3.05, 3.63) is 35.4 Å². The fourth-order valence-electron chi connectivity index (χ4n) is 2.32. The standard InChI is InChI=1S/C16H23NO/c1-12(11-17)5-10-16(18)15-8-6-14(7-9-15)13-3-2-4-13/h6-9,12-13H,2-5,10-11,17H2,1H3. The molecular weight excluding hydrogens is 222 g/mol. The van der Waals surface area contributed by atoms with Crippen molar-refractivity contribution in [2.75, 3.05) is 6.54 Å². The number of carbonyl (C=O) groups excluding carboxylic acids is 1. The predicted octanol–water partition coefficient (Wildman–Crippen LogP) is 3.51. The van der Waals surface area contributed by atoms with Gasteiger partial charge in [-0.05, 0) is 43.2 Å². The molecule has 1 aliphatic rings. The van der Waals surface area contributed by atoms with Gasteiger partial charge in [0.15, 0.2) is 5.78 Å². The van der Waals surface area contributed by atoms with E-state index in [4.69, 9.17) is 5.73 Å². The Kier molecular flexibility index (Phi) is 4.54. The molecule has 2 N–H and O–H groups in total. The molecule has 2 rings (SSSR count). The maximum Gasteiger partial charge on any atom is 0.162 e. The molecule has 2 nitrogen and oxygen atoms in total. The lowest BCUT2D eigenvalue weighted by molar-refractivity contribution is 0.0975. The molecule has 1 atom stereocenters. The van der Waals surface area contributed by atoms with E-state index in [1.807, 2.05) is 12.1 Å². The van der Waals surface area contributed by atoms with Gasteiger partial charge in [0.25, 0.3) is 0 Å². The summed E-state index contributed by atoms with van der Waals surface area (Å²) < 4.78 is 0. The van der Waals surface area contributed by atoms with E-state index in [-0.39, 0.29) is 5.78 Å². The fraction of sp³-hybridized carbons (Fsp3) is 0.562. The van der Waals surface area contributed by atoms with Crippen LogP contribution in [0.15, 0.2) is 24.3 Å². The molecule has 98 valence electrons. The van der Waals surface area contributed by atoms with Crippen molar-refractivity contribution in [2.45, 2.75) is 44.9 Å². The van der Waals surface area contributed by atoms with Gasteiger partial charge in [0, 0.05) is 12.0 Å². The molecule has 1 aromatic rings. The highest BCUT2D eigenvalue weighted by Gasteiger charge is 2.19. The molecule has 0 heterocycles. The van der Waals surface area contributed by atoms with Gasteiger partial charge < -0.3 is 5.73 Å². The fourth-order valence-corrected chi connectivity index (χ4v) is 2.32. The summed E-state index contributed by atoms with van der Waals surface area (Å²) in [7, 11) is 0. The van der Waals surface area contributed by atoms with Crippen molar-refractivity contribution in [1.82, 2.24) is 0 Å². The Morgan fingerprint density at radius 1 is 1.33 bits per heavy atom. The van der Waals surface area contributed by atoms with Crippen LogP contribution in [0.25, 0.3) is 0 Å². The van der Waals surface area contributed by atoms with E-state index in [1.165, 1.54) is 24.8 Å². The van der Waals surface area contributed by atoms with E-state index in [0.29, 0.717) is 18.9 Å². The summed E-state index contributed by atoms with van der Waals surface area (Å²) in [6.07, 6.45) is 5.46. The number of hydrogen-bond acceptors (Lipinski definition) is 2. The quantitative estimate of drug-likeness (QED) is 0.779. The van der Waals surface area contributed by atoms with Gasteiger partial charge in [0.2, 0.25) is 0 Å². The molecule has 1 aliphatic carbocycles. The number of hydrogen-bond donors (Lipinski definition) is 1. The van der Waals surface area contributed by atoms with E-state index in [9.17, 15) is 4.79 Å². The van der Waals surface area contributed by atoms with Gasteiger partial charge in [-0.25, -0.2) is 0 Å². The average Bonchev–Trinajstić information content (AvgIpc) is 2.34. The van der Waals surface area contributed by atoms with Crippen LogP contribution < -0.4 is 5.73 Å². The van der Waals surface area contributed by atoms with Crippen LogP contribution in [0.1, 0.15) is 60.9 Å². The molecule has 1 fully saturated rings. The van der Waals surface area contributed by atoms with Crippen LogP contribution in [-0.4, -0.2) is 12.3 Å². The van der Waals surface area contributed by atoms with Crippen LogP contribution >= 0.6 is 0 Å². The Bertz CT molecular complexity index is 392. The third kappa shape index (κ3) is 3.20. The van der Waals surface area contributed by atoms with E-state index >= 15 is 0 Å². The van der Waals surface area contributed by atoms with Gasteiger partial charge in [-0.1, -0.05) is 37.6 Å². The Morgan fingerprint density at radius 2 is 2.00 bits per heavy atom. The molecule has 1 saturated carbocycles. The molecule has 1 aromatic carbocycles. The molecule has 0 saturated heterocycles. The van der Waals surface area contributed by atoms with Crippen LogP contribution in [0.2, 0.25) is 0 Å². The molecular formula is C16H23NO. The van der Waals surface area contributed by atoms with Crippen molar-refractivity contribution >= 4 is 5.78 Å². The zero-order valence-corrected chi connectivity index (χ0v) is 11.2. The second-order valence-corrected chi connectivity index (χ2v) is 5.55. The van der Waals surface area contributed by atoms with E-state index in [2.05, 4.69) is 19.1 Å². The summed E-state index contributed by atoms with van der Waals surface area (Å²) in [6, 6.07) is 8.24. The van der Waals surface area contributed by atoms with Gasteiger partial charge in [0.05, 0.1) is 0 Å². The van der Waals surface area contributed by atoms with Crippen LogP contribution in [0, 0.1) is 5.92 Å². The normalized spacial score (nSPS) is 17.2. The minimum absolute atomic E-state index is 0.246. The predicted molar refractivity (Wildman–Crippen MR) is 74.8 cm³/mol. The number of benzene rings is 1. The van der Waals surface area contributed by atoms with Crippen LogP contribution in [0.5, 0.6) is 0 Å². The molecule has 0 spiro atoms. The summed E-state index contributed by atoms with van der Waals surface area (Å²) in [4.78, 5) is 12.0. The SMILES string of the molecule is CC(CN)CCC(=O)c1ccc(C2CCC2)cc1. The molecule has 0 aliphatic heterocycles. The second kappa shape index (κ2) is 6.14. The number of carbonyl (C=O) groups is 1. The van der Waals surface area contributed by atoms with Crippen molar-refractivity contribution in [2.24, 2.45) is 11.7 Å². The summed E-state index contributed by atoms with van der Waals surface area (Å²) in [5.74, 6) is 1.42. The van der Waals surface area contributed by atoms with Gasteiger partial charge in [-0.15, -0.1) is 0 Å². The zero-order chi connectivity index (χ0) is 13.0. The number of Topliss-reactive ketones (excluding diaryl/α,β-unsaturated/α-hetero) is 1. The second-order valence-electron chi connectivity index (χ2n) is 5.55. The molecule has 0 aromatic heterocycles. The Morgan fingerprint density at radius 3 is 2.50 bits per heavy atom. The first-order chi connectivity index (χ1) is 8.70. The van der Waals surface area contributed by atoms with Gasteiger partial charge >= 0.3 is 0 Å². The first kappa shape index (κ1) is 13.3. The van der Waals surface area contributed by atoms with Crippen LogP contribution in [-0.2, 0) is 0 Å². The molecule has 0 radical (unpaired) electrons. The topological polar surface area (TPSA) is 43.1 Å². The average molecular weight is 245 g/mol.